The van der Waals surface area contributed by atoms with Crippen LogP contribution in [0, 0.1) is 13.8 Å². The summed E-state index contributed by atoms with van der Waals surface area (Å²) in [6, 6.07) is 6.17. The van der Waals surface area contributed by atoms with Gasteiger partial charge in [-0.05, 0) is 25.0 Å². The van der Waals surface area contributed by atoms with Crippen LogP contribution in [0.15, 0.2) is 24.8 Å². The molecule has 0 unspecified atom stereocenters. The minimum absolute atomic E-state index is 0.0306. The molecule has 0 amide bonds. The van der Waals surface area contributed by atoms with Gasteiger partial charge in [-0.3, -0.25) is 0 Å². The Kier molecular flexibility index (Phi) is 2.66. The van der Waals surface area contributed by atoms with E-state index in [1.165, 1.54) is 11.1 Å². The van der Waals surface area contributed by atoms with Gasteiger partial charge in [0.05, 0.1) is 6.61 Å². The number of benzene rings is 1. The van der Waals surface area contributed by atoms with E-state index in [0.717, 1.165) is 11.1 Å². The van der Waals surface area contributed by atoms with Gasteiger partial charge >= 0.3 is 0 Å². The molecule has 0 spiro atoms. The highest BCUT2D eigenvalue weighted by atomic mass is 16.3. The van der Waals surface area contributed by atoms with Crippen LogP contribution in [-0.2, 0) is 0 Å². The molecule has 0 heterocycles. The second kappa shape index (κ2) is 3.55. The Labute approximate surface area is 73.4 Å². The Morgan fingerprint density at radius 1 is 1.25 bits per heavy atom. The molecule has 0 aliphatic heterocycles. The van der Waals surface area contributed by atoms with Crippen molar-refractivity contribution in [1.82, 2.24) is 0 Å². The minimum atomic E-state index is 0.0306. The quantitative estimate of drug-likeness (QED) is 0.707. The molecule has 12 heavy (non-hydrogen) atoms. The molecule has 1 heteroatoms. The van der Waals surface area contributed by atoms with Crippen LogP contribution in [0.25, 0.3) is 5.57 Å². The molecule has 0 atom stereocenters. The third-order valence-electron chi connectivity index (χ3n) is 1.82. The van der Waals surface area contributed by atoms with E-state index in [1.54, 1.807) is 0 Å². The Bertz CT molecular complexity index is 280. The van der Waals surface area contributed by atoms with Crippen LogP contribution in [0.5, 0.6) is 0 Å². The van der Waals surface area contributed by atoms with Crippen LogP contribution in [0.2, 0.25) is 0 Å². The van der Waals surface area contributed by atoms with Crippen molar-refractivity contribution in [3.05, 3.63) is 41.5 Å². The molecule has 1 aromatic rings. The first-order chi connectivity index (χ1) is 5.63. The Morgan fingerprint density at radius 3 is 2.17 bits per heavy atom. The zero-order valence-electron chi connectivity index (χ0n) is 7.59. The second-order valence-electron chi connectivity index (χ2n) is 3.14. The normalized spacial score (nSPS) is 9.92. The molecule has 0 saturated carbocycles. The third kappa shape index (κ3) is 1.95. The summed E-state index contributed by atoms with van der Waals surface area (Å²) in [5.74, 6) is 0. The van der Waals surface area contributed by atoms with Crippen molar-refractivity contribution >= 4 is 5.57 Å². The molecule has 0 radical (unpaired) electrons. The Balaban J connectivity index is 3.08. The van der Waals surface area contributed by atoms with Crippen LogP contribution in [0.3, 0.4) is 0 Å². The van der Waals surface area contributed by atoms with Gasteiger partial charge in [-0.25, -0.2) is 0 Å². The summed E-state index contributed by atoms with van der Waals surface area (Å²) in [4.78, 5) is 0. The van der Waals surface area contributed by atoms with Crippen molar-refractivity contribution in [3.8, 4) is 0 Å². The average molecular weight is 162 g/mol. The summed E-state index contributed by atoms with van der Waals surface area (Å²) < 4.78 is 0. The number of hydrogen-bond acceptors (Lipinski definition) is 1. The van der Waals surface area contributed by atoms with E-state index in [0.29, 0.717) is 0 Å². The van der Waals surface area contributed by atoms with Crippen LogP contribution >= 0.6 is 0 Å². The predicted molar refractivity (Wildman–Crippen MR) is 52.0 cm³/mol. The first kappa shape index (κ1) is 9.01. The van der Waals surface area contributed by atoms with E-state index in [9.17, 15) is 0 Å². The lowest BCUT2D eigenvalue weighted by Gasteiger charge is -2.04. The highest BCUT2D eigenvalue weighted by molar-refractivity contribution is 5.65. The Morgan fingerprint density at radius 2 is 1.75 bits per heavy atom. The fourth-order valence-electron chi connectivity index (χ4n) is 1.27. The van der Waals surface area contributed by atoms with E-state index in [4.69, 9.17) is 5.11 Å². The third-order valence-corrected chi connectivity index (χ3v) is 1.82. The fourth-order valence-corrected chi connectivity index (χ4v) is 1.27. The largest absolute Gasteiger partial charge is 0.392 e. The second-order valence-corrected chi connectivity index (χ2v) is 3.14. The number of hydrogen-bond donors (Lipinski definition) is 1. The smallest absolute Gasteiger partial charge is 0.0681 e. The van der Waals surface area contributed by atoms with Gasteiger partial charge in [0, 0.05) is 0 Å². The van der Waals surface area contributed by atoms with Gasteiger partial charge in [0.15, 0.2) is 0 Å². The molecule has 1 rings (SSSR count). The molecule has 1 nitrogen and oxygen atoms in total. The molecule has 0 aliphatic rings. The Hall–Kier alpha value is -1.08. The standard InChI is InChI=1S/C11H14O/c1-8-4-9(2)6-11(5-8)10(3)7-12/h4-6,12H,3,7H2,1-2H3. The van der Waals surface area contributed by atoms with Gasteiger partial charge in [0.25, 0.3) is 0 Å². The average Bonchev–Trinajstić information content (AvgIpc) is 2.01. The summed E-state index contributed by atoms with van der Waals surface area (Å²) in [6.45, 7) is 7.89. The minimum Gasteiger partial charge on any atom is -0.392 e. The molecule has 0 aromatic heterocycles. The zero-order valence-corrected chi connectivity index (χ0v) is 7.59. The van der Waals surface area contributed by atoms with Crippen LogP contribution in [0.1, 0.15) is 16.7 Å². The summed E-state index contributed by atoms with van der Waals surface area (Å²) in [5, 5.41) is 8.87. The van der Waals surface area contributed by atoms with Crippen LogP contribution < -0.4 is 0 Å². The van der Waals surface area contributed by atoms with E-state index in [1.807, 2.05) is 26.0 Å². The summed E-state index contributed by atoms with van der Waals surface area (Å²) >= 11 is 0. The highest BCUT2D eigenvalue weighted by Gasteiger charge is 1.98. The first-order valence-electron chi connectivity index (χ1n) is 4.01. The monoisotopic (exact) mass is 162 g/mol. The summed E-state index contributed by atoms with van der Waals surface area (Å²) in [6.07, 6.45) is 0. The van der Waals surface area contributed by atoms with Crippen molar-refractivity contribution in [3.63, 3.8) is 0 Å². The van der Waals surface area contributed by atoms with Crippen molar-refractivity contribution in [1.29, 1.82) is 0 Å². The molecule has 1 N–H and O–H groups in total. The van der Waals surface area contributed by atoms with Crippen LogP contribution in [0.4, 0.5) is 0 Å². The van der Waals surface area contributed by atoms with Gasteiger partial charge in [0.1, 0.15) is 0 Å². The number of aryl methyl sites for hydroxylation is 2. The highest BCUT2D eigenvalue weighted by Crippen LogP contribution is 2.15. The van der Waals surface area contributed by atoms with E-state index in [2.05, 4.69) is 12.6 Å². The summed E-state index contributed by atoms with van der Waals surface area (Å²) in [7, 11) is 0. The lowest BCUT2D eigenvalue weighted by molar-refractivity contribution is 0.350. The predicted octanol–water partition coefficient (Wildman–Crippen LogP) is 2.31. The molecule has 0 fully saturated rings. The lowest BCUT2D eigenvalue weighted by atomic mass is 10.0. The van der Waals surface area contributed by atoms with Crippen LogP contribution in [-0.4, -0.2) is 11.7 Å². The SMILES string of the molecule is C=C(CO)c1cc(C)cc(C)c1. The molecule has 0 aliphatic carbocycles. The maximum Gasteiger partial charge on any atom is 0.0681 e. The summed E-state index contributed by atoms with van der Waals surface area (Å²) in [5.41, 5.74) is 4.23. The van der Waals surface area contributed by atoms with Crippen molar-refractivity contribution in [2.45, 2.75) is 13.8 Å². The van der Waals surface area contributed by atoms with Gasteiger partial charge in [-0.15, -0.1) is 0 Å². The molecule has 1 aromatic carbocycles. The molecule has 64 valence electrons. The molecular formula is C11H14O. The first-order valence-corrected chi connectivity index (χ1v) is 4.01. The van der Waals surface area contributed by atoms with Crippen molar-refractivity contribution in [2.24, 2.45) is 0 Å². The molecule has 0 bridgehead atoms. The zero-order chi connectivity index (χ0) is 9.14. The van der Waals surface area contributed by atoms with Gasteiger partial charge in [0.2, 0.25) is 0 Å². The van der Waals surface area contributed by atoms with E-state index in [-0.39, 0.29) is 6.61 Å². The van der Waals surface area contributed by atoms with Gasteiger partial charge in [-0.2, -0.15) is 0 Å². The van der Waals surface area contributed by atoms with Gasteiger partial charge < -0.3 is 5.11 Å². The lowest BCUT2D eigenvalue weighted by Crippen LogP contribution is -1.90. The number of rotatable bonds is 2. The molecule has 0 saturated heterocycles. The number of aliphatic hydroxyl groups excluding tert-OH is 1. The van der Waals surface area contributed by atoms with E-state index >= 15 is 0 Å². The number of aliphatic hydroxyl groups is 1. The fraction of sp³-hybridized carbons (Fsp3) is 0.273. The molecular weight excluding hydrogens is 148 g/mol. The van der Waals surface area contributed by atoms with Crippen molar-refractivity contribution in [2.75, 3.05) is 6.61 Å². The van der Waals surface area contributed by atoms with E-state index < -0.39 is 0 Å². The van der Waals surface area contributed by atoms with Crippen molar-refractivity contribution < 1.29 is 5.11 Å². The van der Waals surface area contributed by atoms with Gasteiger partial charge in [-0.1, -0.05) is 35.9 Å². The maximum absolute atomic E-state index is 8.87. The maximum atomic E-state index is 8.87. The topological polar surface area (TPSA) is 20.2 Å².